The summed E-state index contributed by atoms with van der Waals surface area (Å²) in [6.07, 6.45) is 20.5. The Hall–Kier alpha value is -0.890. The molecule has 1 aromatic rings. The number of unbranched alkanes of at least 4 members (excludes halogenated alkanes) is 4. The molecule has 180 valence electrons. The van der Waals surface area contributed by atoms with Crippen molar-refractivity contribution in [3.05, 3.63) is 34.6 Å². The summed E-state index contributed by atoms with van der Waals surface area (Å²) in [7, 11) is 0. The molecule has 0 bridgehead atoms. The minimum absolute atomic E-state index is 0.0920. The summed E-state index contributed by atoms with van der Waals surface area (Å²) in [5.41, 5.74) is 3.82. The Morgan fingerprint density at radius 1 is 0.844 bits per heavy atom. The van der Waals surface area contributed by atoms with E-state index in [1.54, 1.807) is 0 Å². The van der Waals surface area contributed by atoms with Crippen LogP contribution in [0.4, 0.5) is 4.39 Å². The van der Waals surface area contributed by atoms with Gasteiger partial charge in [-0.3, -0.25) is 0 Å². The van der Waals surface area contributed by atoms with Crippen LogP contribution in [-0.2, 0) is 17.6 Å². The van der Waals surface area contributed by atoms with E-state index in [2.05, 4.69) is 19.9 Å². The second-order valence-electron chi connectivity index (χ2n) is 11.3. The van der Waals surface area contributed by atoms with E-state index in [4.69, 9.17) is 4.74 Å². The number of hydrogen-bond acceptors (Lipinski definition) is 1. The SMILES string of the molecule is CCCCCOC1CCC2CC(c3cc4c(cc3F)CC(CCCCC)CC4)CCC2C1. The van der Waals surface area contributed by atoms with Gasteiger partial charge in [-0.25, -0.2) is 4.39 Å². The van der Waals surface area contributed by atoms with Crippen molar-refractivity contribution in [1.29, 1.82) is 0 Å². The van der Waals surface area contributed by atoms with E-state index in [9.17, 15) is 0 Å². The van der Waals surface area contributed by atoms with Crippen LogP contribution in [0.15, 0.2) is 12.1 Å². The smallest absolute Gasteiger partial charge is 0.126 e. The summed E-state index contributed by atoms with van der Waals surface area (Å²) in [6.45, 7) is 5.47. The van der Waals surface area contributed by atoms with Crippen LogP contribution < -0.4 is 0 Å². The van der Waals surface area contributed by atoms with Crippen molar-refractivity contribution in [2.24, 2.45) is 17.8 Å². The van der Waals surface area contributed by atoms with Crippen LogP contribution in [0.5, 0.6) is 0 Å². The lowest BCUT2D eigenvalue weighted by Crippen LogP contribution is -2.34. The molecular formula is C30H47FO. The number of benzene rings is 1. The normalized spacial score (nSPS) is 30.0. The van der Waals surface area contributed by atoms with Crippen molar-refractivity contribution < 1.29 is 9.13 Å². The highest BCUT2D eigenvalue weighted by Gasteiger charge is 2.37. The molecule has 32 heavy (non-hydrogen) atoms. The lowest BCUT2D eigenvalue weighted by atomic mass is 9.65. The Morgan fingerprint density at radius 2 is 1.62 bits per heavy atom. The summed E-state index contributed by atoms with van der Waals surface area (Å²) in [4.78, 5) is 0. The molecule has 2 fully saturated rings. The molecular weight excluding hydrogens is 395 g/mol. The van der Waals surface area contributed by atoms with Gasteiger partial charge in [-0.15, -0.1) is 0 Å². The van der Waals surface area contributed by atoms with Gasteiger partial charge in [0, 0.05) is 6.61 Å². The van der Waals surface area contributed by atoms with Crippen LogP contribution in [0.1, 0.15) is 126 Å². The summed E-state index contributed by atoms with van der Waals surface area (Å²) >= 11 is 0. The molecule has 5 atom stereocenters. The average molecular weight is 443 g/mol. The van der Waals surface area contributed by atoms with Gasteiger partial charge in [0.25, 0.3) is 0 Å². The Bertz CT molecular complexity index is 713. The average Bonchev–Trinajstić information content (AvgIpc) is 2.81. The van der Waals surface area contributed by atoms with Gasteiger partial charge in [-0.2, -0.15) is 0 Å². The topological polar surface area (TPSA) is 9.23 Å². The molecule has 2 saturated carbocycles. The fourth-order valence-electron chi connectivity index (χ4n) is 7.00. The molecule has 0 aliphatic heterocycles. The van der Waals surface area contributed by atoms with E-state index in [0.717, 1.165) is 42.8 Å². The first kappa shape index (κ1) is 24.2. The predicted octanol–water partition coefficient (Wildman–Crippen LogP) is 8.77. The molecule has 0 aromatic heterocycles. The fourth-order valence-corrected chi connectivity index (χ4v) is 7.00. The van der Waals surface area contributed by atoms with Crippen LogP contribution in [0, 0.1) is 23.6 Å². The van der Waals surface area contributed by atoms with Gasteiger partial charge in [0.2, 0.25) is 0 Å². The quantitative estimate of drug-likeness (QED) is 0.329. The van der Waals surface area contributed by atoms with Gasteiger partial charge in [0.15, 0.2) is 0 Å². The van der Waals surface area contributed by atoms with Crippen LogP contribution in [0.2, 0.25) is 0 Å². The Kier molecular flexibility index (Phi) is 9.09. The number of fused-ring (bicyclic) bond motifs is 2. The monoisotopic (exact) mass is 442 g/mol. The van der Waals surface area contributed by atoms with Gasteiger partial charge in [0.05, 0.1) is 6.10 Å². The van der Waals surface area contributed by atoms with Crippen molar-refractivity contribution in [3.8, 4) is 0 Å². The minimum Gasteiger partial charge on any atom is -0.378 e. The molecule has 1 aromatic carbocycles. The van der Waals surface area contributed by atoms with E-state index in [1.165, 1.54) is 101 Å². The summed E-state index contributed by atoms with van der Waals surface area (Å²) in [5.74, 6) is 2.89. The molecule has 5 unspecified atom stereocenters. The van der Waals surface area contributed by atoms with Crippen molar-refractivity contribution in [2.45, 2.75) is 129 Å². The van der Waals surface area contributed by atoms with Crippen molar-refractivity contribution in [2.75, 3.05) is 6.61 Å². The van der Waals surface area contributed by atoms with Crippen molar-refractivity contribution in [3.63, 3.8) is 0 Å². The van der Waals surface area contributed by atoms with Crippen LogP contribution in [0.25, 0.3) is 0 Å². The first-order valence-corrected chi connectivity index (χ1v) is 14.1. The third-order valence-corrected chi connectivity index (χ3v) is 8.97. The highest BCUT2D eigenvalue weighted by Crippen LogP contribution is 2.47. The number of hydrogen-bond donors (Lipinski definition) is 0. The lowest BCUT2D eigenvalue weighted by molar-refractivity contribution is -0.0164. The van der Waals surface area contributed by atoms with Gasteiger partial charge >= 0.3 is 0 Å². The Morgan fingerprint density at radius 3 is 2.47 bits per heavy atom. The summed E-state index contributed by atoms with van der Waals surface area (Å²) in [6, 6.07) is 4.23. The Balaban J connectivity index is 1.31. The molecule has 4 rings (SSSR count). The molecule has 0 saturated heterocycles. The molecule has 3 aliphatic carbocycles. The van der Waals surface area contributed by atoms with Gasteiger partial charge in [0.1, 0.15) is 5.82 Å². The zero-order valence-corrected chi connectivity index (χ0v) is 20.8. The maximum Gasteiger partial charge on any atom is 0.126 e. The van der Waals surface area contributed by atoms with Crippen LogP contribution in [-0.4, -0.2) is 12.7 Å². The first-order chi connectivity index (χ1) is 15.7. The molecule has 0 spiro atoms. The summed E-state index contributed by atoms with van der Waals surface area (Å²) < 4.78 is 21.5. The van der Waals surface area contributed by atoms with E-state index < -0.39 is 0 Å². The highest BCUT2D eigenvalue weighted by atomic mass is 19.1. The highest BCUT2D eigenvalue weighted by molar-refractivity contribution is 5.37. The number of aryl methyl sites for hydroxylation is 1. The maximum atomic E-state index is 15.3. The number of ether oxygens (including phenoxy) is 1. The molecule has 0 amide bonds. The van der Waals surface area contributed by atoms with Crippen molar-refractivity contribution >= 4 is 0 Å². The first-order valence-electron chi connectivity index (χ1n) is 14.1. The van der Waals surface area contributed by atoms with Gasteiger partial charge < -0.3 is 4.74 Å². The van der Waals surface area contributed by atoms with E-state index in [0.29, 0.717) is 12.0 Å². The van der Waals surface area contributed by atoms with Crippen molar-refractivity contribution in [1.82, 2.24) is 0 Å². The van der Waals surface area contributed by atoms with E-state index in [1.807, 2.05) is 6.07 Å². The number of rotatable bonds is 10. The van der Waals surface area contributed by atoms with Gasteiger partial charge in [-0.05, 0) is 111 Å². The fraction of sp³-hybridized carbons (Fsp3) is 0.800. The third kappa shape index (κ3) is 6.16. The standard InChI is InChI=1S/C30H47FO/c1-3-5-7-9-22-10-11-25-20-29(30(31)21-27(25)17-22)26-13-12-24-19-28(15-14-23(24)18-26)32-16-8-6-4-2/h20-24,26,28H,3-19H2,1-2H3. The molecule has 2 heteroatoms. The lowest BCUT2D eigenvalue weighted by Gasteiger charge is -2.42. The molecule has 0 radical (unpaired) electrons. The second-order valence-corrected chi connectivity index (χ2v) is 11.3. The van der Waals surface area contributed by atoms with E-state index in [-0.39, 0.29) is 5.82 Å². The zero-order chi connectivity index (χ0) is 22.3. The third-order valence-electron chi connectivity index (χ3n) is 8.97. The molecule has 1 nitrogen and oxygen atoms in total. The maximum absolute atomic E-state index is 15.3. The van der Waals surface area contributed by atoms with E-state index >= 15 is 4.39 Å². The Labute approximate surface area is 196 Å². The predicted molar refractivity (Wildman–Crippen MR) is 133 cm³/mol. The zero-order valence-electron chi connectivity index (χ0n) is 20.8. The largest absolute Gasteiger partial charge is 0.378 e. The molecule has 0 N–H and O–H groups in total. The molecule has 3 aliphatic rings. The van der Waals surface area contributed by atoms with Crippen LogP contribution in [0.3, 0.4) is 0 Å². The van der Waals surface area contributed by atoms with Crippen LogP contribution >= 0.6 is 0 Å². The number of halogens is 1. The minimum atomic E-state index is 0.0920. The summed E-state index contributed by atoms with van der Waals surface area (Å²) in [5, 5.41) is 0. The molecule has 0 heterocycles. The van der Waals surface area contributed by atoms with Gasteiger partial charge in [-0.1, -0.05) is 58.4 Å². The second kappa shape index (κ2) is 12.0.